The summed E-state index contributed by atoms with van der Waals surface area (Å²) in [4.78, 5) is 15.9. The van der Waals surface area contributed by atoms with E-state index in [0.717, 1.165) is 39.1 Å². The van der Waals surface area contributed by atoms with Crippen LogP contribution in [-0.4, -0.2) is 54.5 Å². The fraction of sp³-hybridized carbons (Fsp3) is 0.900. The number of hydrogen-bond donors (Lipinski definition) is 1. The average Bonchev–Trinajstić information content (AvgIpc) is 2.27. The Kier molecular flexibility index (Phi) is 4.35. The second-order valence-corrected chi connectivity index (χ2v) is 3.77. The average molecular weight is 199 g/mol. The highest BCUT2D eigenvalue weighted by atomic mass is 16.2. The predicted octanol–water partition coefficient (Wildman–Crippen LogP) is -0.112. The van der Waals surface area contributed by atoms with Crippen LogP contribution < -0.4 is 5.73 Å². The summed E-state index contributed by atoms with van der Waals surface area (Å²) in [5, 5.41) is 0. The third-order valence-electron chi connectivity index (χ3n) is 2.89. The van der Waals surface area contributed by atoms with Crippen LogP contribution in [0.1, 0.15) is 20.3 Å². The lowest BCUT2D eigenvalue weighted by molar-refractivity contribution is -0.134. The minimum atomic E-state index is -0.303. The summed E-state index contributed by atoms with van der Waals surface area (Å²) < 4.78 is 0. The Morgan fingerprint density at radius 1 is 1.29 bits per heavy atom. The molecule has 0 radical (unpaired) electrons. The fourth-order valence-electron chi connectivity index (χ4n) is 1.69. The van der Waals surface area contributed by atoms with Gasteiger partial charge in [-0.25, -0.2) is 0 Å². The molecule has 1 atom stereocenters. The quantitative estimate of drug-likeness (QED) is 0.690. The van der Waals surface area contributed by atoms with Gasteiger partial charge in [0.2, 0.25) is 5.91 Å². The first kappa shape index (κ1) is 11.5. The van der Waals surface area contributed by atoms with Crippen molar-refractivity contribution in [1.82, 2.24) is 9.80 Å². The molecule has 1 heterocycles. The van der Waals surface area contributed by atoms with Crippen molar-refractivity contribution in [2.45, 2.75) is 26.3 Å². The van der Waals surface area contributed by atoms with Gasteiger partial charge in [0.25, 0.3) is 0 Å². The van der Waals surface area contributed by atoms with Crippen LogP contribution in [0.25, 0.3) is 0 Å². The molecule has 1 rings (SSSR count). The summed E-state index contributed by atoms with van der Waals surface area (Å²) >= 11 is 0. The molecule has 0 aromatic heterocycles. The molecule has 82 valence electrons. The number of rotatable bonds is 3. The molecule has 1 unspecified atom stereocenters. The minimum Gasteiger partial charge on any atom is -0.339 e. The zero-order chi connectivity index (χ0) is 10.6. The Morgan fingerprint density at radius 3 is 2.29 bits per heavy atom. The summed E-state index contributed by atoms with van der Waals surface area (Å²) in [5.74, 6) is 0.114. The molecule has 0 saturated carbocycles. The molecule has 0 aromatic carbocycles. The fourth-order valence-corrected chi connectivity index (χ4v) is 1.69. The number of amides is 1. The van der Waals surface area contributed by atoms with Gasteiger partial charge in [0.1, 0.15) is 0 Å². The Balaban J connectivity index is 2.37. The Hall–Kier alpha value is -0.610. The van der Waals surface area contributed by atoms with E-state index in [1.54, 1.807) is 0 Å². The van der Waals surface area contributed by atoms with Crippen molar-refractivity contribution in [2.24, 2.45) is 5.73 Å². The van der Waals surface area contributed by atoms with Crippen LogP contribution in [0.15, 0.2) is 0 Å². The van der Waals surface area contributed by atoms with Crippen LogP contribution in [0.2, 0.25) is 0 Å². The van der Waals surface area contributed by atoms with Crippen LogP contribution in [0.3, 0.4) is 0 Å². The van der Waals surface area contributed by atoms with Gasteiger partial charge in [-0.3, -0.25) is 4.79 Å². The maximum Gasteiger partial charge on any atom is 0.239 e. The van der Waals surface area contributed by atoms with Gasteiger partial charge in [-0.15, -0.1) is 0 Å². The van der Waals surface area contributed by atoms with Crippen molar-refractivity contribution in [3.63, 3.8) is 0 Å². The largest absolute Gasteiger partial charge is 0.339 e. The zero-order valence-corrected chi connectivity index (χ0v) is 9.20. The number of piperazine rings is 1. The number of nitrogens with zero attached hydrogens (tertiary/aromatic N) is 2. The summed E-state index contributed by atoms with van der Waals surface area (Å²) in [7, 11) is 0. The number of carbonyl (C=O) groups is 1. The molecular formula is C10H21N3O. The predicted molar refractivity (Wildman–Crippen MR) is 57.0 cm³/mol. The molecule has 0 aromatic rings. The van der Waals surface area contributed by atoms with Crippen LogP contribution in [0.4, 0.5) is 0 Å². The third-order valence-corrected chi connectivity index (χ3v) is 2.89. The van der Waals surface area contributed by atoms with Gasteiger partial charge < -0.3 is 15.5 Å². The van der Waals surface area contributed by atoms with E-state index >= 15 is 0 Å². The van der Waals surface area contributed by atoms with Gasteiger partial charge in [-0.2, -0.15) is 0 Å². The highest BCUT2D eigenvalue weighted by molar-refractivity contribution is 5.81. The second kappa shape index (κ2) is 5.32. The number of nitrogens with two attached hydrogens (primary N) is 1. The second-order valence-electron chi connectivity index (χ2n) is 3.77. The van der Waals surface area contributed by atoms with Gasteiger partial charge in [-0.05, 0) is 13.0 Å². The van der Waals surface area contributed by atoms with Crippen LogP contribution >= 0.6 is 0 Å². The summed E-state index contributed by atoms with van der Waals surface area (Å²) in [5.41, 5.74) is 5.71. The first-order valence-corrected chi connectivity index (χ1v) is 5.45. The summed E-state index contributed by atoms with van der Waals surface area (Å²) in [6.07, 6.45) is 0.729. The molecule has 0 aliphatic carbocycles. The van der Waals surface area contributed by atoms with E-state index in [-0.39, 0.29) is 11.9 Å². The van der Waals surface area contributed by atoms with Crippen LogP contribution in [0.5, 0.6) is 0 Å². The first-order valence-electron chi connectivity index (χ1n) is 5.45. The number of likely N-dealkylation sites (N-methyl/N-ethyl adjacent to an activating group) is 1. The van der Waals surface area contributed by atoms with Crippen molar-refractivity contribution in [1.29, 1.82) is 0 Å². The van der Waals surface area contributed by atoms with Gasteiger partial charge in [0.05, 0.1) is 6.04 Å². The van der Waals surface area contributed by atoms with Gasteiger partial charge in [-0.1, -0.05) is 13.8 Å². The third kappa shape index (κ3) is 2.69. The van der Waals surface area contributed by atoms with Crippen molar-refractivity contribution in [3.05, 3.63) is 0 Å². The highest BCUT2D eigenvalue weighted by Crippen LogP contribution is 2.04. The number of hydrogen-bond acceptors (Lipinski definition) is 3. The van der Waals surface area contributed by atoms with E-state index in [2.05, 4.69) is 11.8 Å². The molecule has 1 aliphatic rings. The van der Waals surface area contributed by atoms with Crippen molar-refractivity contribution in [3.8, 4) is 0 Å². The first-order chi connectivity index (χ1) is 6.69. The maximum absolute atomic E-state index is 11.7. The van der Waals surface area contributed by atoms with E-state index in [0.29, 0.717) is 0 Å². The highest BCUT2D eigenvalue weighted by Gasteiger charge is 2.23. The molecule has 4 nitrogen and oxygen atoms in total. The Bertz CT molecular complexity index is 188. The van der Waals surface area contributed by atoms with Gasteiger partial charge >= 0.3 is 0 Å². The maximum atomic E-state index is 11.7. The SMILES string of the molecule is CCC(N)C(=O)N1CCN(CC)CC1. The molecule has 2 N–H and O–H groups in total. The van der Waals surface area contributed by atoms with E-state index in [4.69, 9.17) is 5.73 Å². The zero-order valence-electron chi connectivity index (χ0n) is 9.20. The Morgan fingerprint density at radius 2 is 1.86 bits per heavy atom. The summed E-state index contributed by atoms with van der Waals surface area (Å²) in [6, 6.07) is -0.303. The Labute approximate surface area is 86.0 Å². The van der Waals surface area contributed by atoms with E-state index in [1.807, 2.05) is 11.8 Å². The van der Waals surface area contributed by atoms with Gasteiger partial charge in [0.15, 0.2) is 0 Å². The van der Waals surface area contributed by atoms with E-state index in [9.17, 15) is 4.79 Å². The van der Waals surface area contributed by atoms with E-state index in [1.165, 1.54) is 0 Å². The molecule has 1 amide bonds. The lowest BCUT2D eigenvalue weighted by atomic mass is 10.2. The summed E-state index contributed by atoms with van der Waals surface area (Å²) in [6.45, 7) is 8.81. The molecule has 4 heteroatoms. The molecular weight excluding hydrogens is 178 g/mol. The smallest absolute Gasteiger partial charge is 0.239 e. The van der Waals surface area contributed by atoms with Crippen LogP contribution in [0, 0.1) is 0 Å². The lowest BCUT2D eigenvalue weighted by Gasteiger charge is -2.35. The van der Waals surface area contributed by atoms with Crippen molar-refractivity contribution in [2.75, 3.05) is 32.7 Å². The number of carbonyl (C=O) groups excluding carboxylic acids is 1. The lowest BCUT2D eigenvalue weighted by Crippen LogP contribution is -2.52. The van der Waals surface area contributed by atoms with Gasteiger partial charge in [0, 0.05) is 26.2 Å². The molecule has 0 spiro atoms. The molecule has 1 aliphatic heterocycles. The molecule has 1 fully saturated rings. The monoisotopic (exact) mass is 199 g/mol. The normalized spacial score (nSPS) is 20.9. The van der Waals surface area contributed by atoms with Crippen molar-refractivity contribution < 1.29 is 4.79 Å². The van der Waals surface area contributed by atoms with E-state index < -0.39 is 0 Å². The van der Waals surface area contributed by atoms with Crippen LogP contribution in [-0.2, 0) is 4.79 Å². The molecule has 0 bridgehead atoms. The minimum absolute atomic E-state index is 0.114. The van der Waals surface area contributed by atoms with Crippen molar-refractivity contribution >= 4 is 5.91 Å². The molecule has 1 saturated heterocycles. The molecule has 14 heavy (non-hydrogen) atoms. The topological polar surface area (TPSA) is 49.6 Å². The standard InChI is InChI=1S/C10H21N3O/c1-3-9(11)10(14)13-7-5-12(4-2)6-8-13/h9H,3-8,11H2,1-2H3.